The summed E-state index contributed by atoms with van der Waals surface area (Å²) in [7, 11) is 0. The van der Waals surface area contributed by atoms with E-state index in [2.05, 4.69) is 29.1 Å². The van der Waals surface area contributed by atoms with Gasteiger partial charge in [0.2, 0.25) is 5.91 Å². The Kier molecular flexibility index (Phi) is 5.63. The highest BCUT2D eigenvalue weighted by atomic mass is 32.1. The van der Waals surface area contributed by atoms with Crippen molar-refractivity contribution < 1.29 is 4.79 Å². The summed E-state index contributed by atoms with van der Waals surface area (Å²) < 4.78 is 1.98. The van der Waals surface area contributed by atoms with E-state index in [-0.39, 0.29) is 11.5 Å². The summed E-state index contributed by atoms with van der Waals surface area (Å²) in [5, 5.41) is 3.96. The molecule has 7 heteroatoms. The number of aromatic nitrogens is 3. The number of hydrogen-bond donors (Lipinski definition) is 1. The summed E-state index contributed by atoms with van der Waals surface area (Å²) in [5.74, 6) is -0.199. The molecule has 0 aliphatic carbocycles. The second kappa shape index (κ2) is 8.36. The van der Waals surface area contributed by atoms with Crippen LogP contribution in [0.25, 0.3) is 20.4 Å². The van der Waals surface area contributed by atoms with Crippen LogP contribution in [-0.4, -0.2) is 20.4 Å². The normalized spacial score (nSPS) is 12.4. The minimum atomic E-state index is -0.637. The molecule has 1 amide bonds. The molecule has 154 valence electrons. The molecule has 6 nitrogen and oxygen atoms in total. The van der Waals surface area contributed by atoms with Crippen LogP contribution in [0.2, 0.25) is 0 Å². The van der Waals surface area contributed by atoms with Crippen molar-refractivity contribution in [1.29, 1.82) is 0 Å². The fourth-order valence-corrected chi connectivity index (χ4v) is 4.86. The van der Waals surface area contributed by atoms with E-state index in [0.29, 0.717) is 16.6 Å². The van der Waals surface area contributed by atoms with Crippen LogP contribution in [-0.2, 0) is 17.6 Å². The van der Waals surface area contributed by atoms with Crippen LogP contribution in [0.15, 0.2) is 47.7 Å². The molecule has 0 saturated heterocycles. The van der Waals surface area contributed by atoms with Gasteiger partial charge in [-0.15, -0.1) is 11.3 Å². The molecule has 0 fully saturated rings. The van der Waals surface area contributed by atoms with Gasteiger partial charge in [-0.05, 0) is 42.5 Å². The third kappa shape index (κ3) is 3.39. The molecule has 1 atom stereocenters. The molecule has 0 radical (unpaired) electrons. The van der Waals surface area contributed by atoms with E-state index in [1.54, 1.807) is 6.20 Å². The lowest BCUT2D eigenvalue weighted by Gasteiger charge is -2.20. The zero-order valence-electron chi connectivity index (χ0n) is 17.3. The van der Waals surface area contributed by atoms with E-state index < -0.39 is 6.04 Å². The quantitative estimate of drug-likeness (QED) is 0.490. The molecule has 1 aromatic carbocycles. The number of nitrogens with zero attached hydrogens (tertiary/aromatic N) is 3. The maximum atomic E-state index is 13.2. The largest absolute Gasteiger partial charge is 0.324 e. The zero-order chi connectivity index (χ0) is 21.3. The average Bonchev–Trinajstić information content (AvgIpc) is 3.15. The molecule has 1 unspecified atom stereocenters. The number of thiophene rings is 1. The smallest absolute Gasteiger partial charge is 0.272 e. The standard InChI is InChI=1S/C23H24N4O2S/c1-4-14-9-7-10-15(5-2)18(14)26-21(28)17(6-3)27-13-25-19-16-11-8-12-24-22(16)30-20(19)23(27)29/h7-13,17H,4-6H2,1-3H3,(H,26,28). The molecule has 4 aromatic rings. The maximum absolute atomic E-state index is 13.2. The summed E-state index contributed by atoms with van der Waals surface area (Å²) >= 11 is 1.32. The van der Waals surface area contributed by atoms with Crippen LogP contribution < -0.4 is 10.9 Å². The Morgan fingerprint density at radius 3 is 2.50 bits per heavy atom. The summed E-state index contributed by atoms with van der Waals surface area (Å²) in [4.78, 5) is 36.1. The Morgan fingerprint density at radius 2 is 1.83 bits per heavy atom. The first-order valence-electron chi connectivity index (χ1n) is 10.2. The molecule has 1 N–H and O–H groups in total. The molecule has 0 spiro atoms. The number of nitrogens with one attached hydrogen (secondary N) is 1. The molecule has 30 heavy (non-hydrogen) atoms. The minimum absolute atomic E-state index is 0.199. The lowest BCUT2D eigenvalue weighted by Crippen LogP contribution is -2.33. The zero-order valence-corrected chi connectivity index (χ0v) is 18.1. The van der Waals surface area contributed by atoms with Crippen molar-refractivity contribution in [2.45, 2.75) is 46.1 Å². The topological polar surface area (TPSA) is 76.9 Å². The van der Waals surface area contributed by atoms with Gasteiger partial charge in [0.1, 0.15) is 15.6 Å². The van der Waals surface area contributed by atoms with Crippen molar-refractivity contribution >= 4 is 43.4 Å². The van der Waals surface area contributed by atoms with E-state index in [1.165, 1.54) is 22.2 Å². The van der Waals surface area contributed by atoms with Gasteiger partial charge < -0.3 is 5.32 Å². The number of carbonyl (C=O) groups excluding carboxylic acids is 1. The Balaban J connectivity index is 1.75. The van der Waals surface area contributed by atoms with Gasteiger partial charge >= 0.3 is 0 Å². The van der Waals surface area contributed by atoms with E-state index in [0.717, 1.165) is 39.9 Å². The van der Waals surface area contributed by atoms with Crippen LogP contribution in [0.3, 0.4) is 0 Å². The first-order chi connectivity index (χ1) is 14.6. The summed E-state index contributed by atoms with van der Waals surface area (Å²) in [5.41, 5.74) is 3.48. The van der Waals surface area contributed by atoms with Crippen molar-refractivity contribution in [3.05, 3.63) is 64.3 Å². The van der Waals surface area contributed by atoms with Gasteiger partial charge in [0, 0.05) is 17.3 Å². The van der Waals surface area contributed by atoms with Crippen LogP contribution in [0.1, 0.15) is 44.4 Å². The number of para-hydroxylation sites is 1. The van der Waals surface area contributed by atoms with Gasteiger partial charge in [0.15, 0.2) is 0 Å². The molecule has 3 heterocycles. The van der Waals surface area contributed by atoms with Crippen molar-refractivity contribution in [3.8, 4) is 0 Å². The van der Waals surface area contributed by atoms with Gasteiger partial charge in [-0.1, -0.05) is 39.0 Å². The number of pyridine rings is 1. The fourth-order valence-electron chi connectivity index (χ4n) is 3.82. The van der Waals surface area contributed by atoms with Crippen molar-refractivity contribution in [2.75, 3.05) is 5.32 Å². The van der Waals surface area contributed by atoms with Gasteiger partial charge in [-0.2, -0.15) is 0 Å². The third-order valence-corrected chi connectivity index (χ3v) is 6.54. The number of hydrogen-bond acceptors (Lipinski definition) is 5. The van der Waals surface area contributed by atoms with Crippen molar-refractivity contribution in [2.24, 2.45) is 0 Å². The second-order valence-corrected chi connectivity index (χ2v) is 8.16. The Labute approximate surface area is 178 Å². The van der Waals surface area contributed by atoms with Crippen molar-refractivity contribution in [3.63, 3.8) is 0 Å². The Bertz CT molecular complexity index is 1270. The molecular weight excluding hydrogens is 396 g/mol. The average molecular weight is 421 g/mol. The predicted molar refractivity (Wildman–Crippen MR) is 122 cm³/mol. The van der Waals surface area contributed by atoms with E-state index in [1.807, 2.05) is 37.3 Å². The highest BCUT2D eigenvalue weighted by molar-refractivity contribution is 7.25. The first kappa shape index (κ1) is 20.2. The van der Waals surface area contributed by atoms with Crippen LogP contribution in [0.5, 0.6) is 0 Å². The Morgan fingerprint density at radius 1 is 1.10 bits per heavy atom. The van der Waals surface area contributed by atoms with Crippen LogP contribution in [0, 0.1) is 0 Å². The highest BCUT2D eigenvalue weighted by Crippen LogP contribution is 2.29. The minimum Gasteiger partial charge on any atom is -0.324 e. The first-order valence-corrected chi connectivity index (χ1v) is 11.1. The lowest BCUT2D eigenvalue weighted by atomic mass is 10.0. The van der Waals surface area contributed by atoms with Gasteiger partial charge in [0.25, 0.3) is 5.56 Å². The van der Waals surface area contributed by atoms with E-state index >= 15 is 0 Å². The highest BCUT2D eigenvalue weighted by Gasteiger charge is 2.23. The molecule has 0 aliphatic heterocycles. The number of aryl methyl sites for hydroxylation is 2. The van der Waals surface area contributed by atoms with Crippen LogP contribution >= 0.6 is 11.3 Å². The van der Waals surface area contributed by atoms with E-state index in [9.17, 15) is 9.59 Å². The van der Waals surface area contributed by atoms with Crippen LogP contribution in [0.4, 0.5) is 5.69 Å². The molecule has 0 bridgehead atoms. The molecular formula is C23H24N4O2S. The second-order valence-electron chi connectivity index (χ2n) is 7.16. The molecule has 4 rings (SSSR count). The number of rotatable bonds is 6. The van der Waals surface area contributed by atoms with E-state index in [4.69, 9.17) is 0 Å². The van der Waals surface area contributed by atoms with Gasteiger partial charge in [-0.25, -0.2) is 9.97 Å². The number of fused-ring (bicyclic) bond motifs is 3. The predicted octanol–water partition coefficient (Wildman–Crippen LogP) is 4.72. The van der Waals surface area contributed by atoms with Gasteiger partial charge in [-0.3, -0.25) is 14.2 Å². The number of anilines is 1. The summed E-state index contributed by atoms with van der Waals surface area (Å²) in [6, 6.07) is 9.18. The summed E-state index contributed by atoms with van der Waals surface area (Å²) in [6.07, 6.45) is 5.32. The monoisotopic (exact) mass is 420 g/mol. The maximum Gasteiger partial charge on any atom is 0.272 e. The number of amides is 1. The summed E-state index contributed by atoms with van der Waals surface area (Å²) in [6.45, 7) is 6.04. The Hall–Kier alpha value is -3.06. The lowest BCUT2D eigenvalue weighted by molar-refractivity contribution is -0.119. The number of benzene rings is 1. The molecule has 0 saturated carbocycles. The fraction of sp³-hybridized carbons (Fsp3) is 0.304. The van der Waals surface area contributed by atoms with Gasteiger partial charge in [0.05, 0.1) is 11.8 Å². The third-order valence-electron chi connectivity index (χ3n) is 5.45. The SMILES string of the molecule is CCc1cccc(CC)c1NC(=O)C(CC)n1cnc2c(sc3ncccc32)c1=O. The van der Waals surface area contributed by atoms with Crippen molar-refractivity contribution in [1.82, 2.24) is 14.5 Å². The number of carbonyl (C=O) groups is 1. The molecule has 3 aromatic heterocycles. The molecule has 0 aliphatic rings.